The lowest BCUT2D eigenvalue weighted by Crippen LogP contribution is -2.25. The van der Waals surface area contributed by atoms with E-state index in [2.05, 4.69) is 4.98 Å². The molecule has 27 heavy (non-hydrogen) atoms. The molecule has 3 aromatic rings. The van der Waals surface area contributed by atoms with Crippen molar-refractivity contribution in [1.82, 2.24) is 9.55 Å². The molecule has 2 aromatic carbocycles. The Balaban J connectivity index is 1.98. The Bertz CT molecular complexity index is 1070. The Labute approximate surface area is 159 Å². The minimum Gasteiger partial charge on any atom is -0.293 e. The number of hydrogen-bond donors (Lipinski definition) is 0. The fraction of sp³-hybridized carbons (Fsp3) is 0.250. The molecule has 0 spiro atoms. The van der Waals surface area contributed by atoms with Gasteiger partial charge < -0.3 is 0 Å². The topological polar surface area (TPSA) is 52.0 Å². The zero-order valence-corrected chi connectivity index (χ0v) is 15.7. The van der Waals surface area contributed by atoms with Crippen LogP contribution in [-0.4, -0.2) is 20.6 Å². The van der Waals surface area contributed by atoms with Gasteiger partial charge in [0.25, 0.3) is 5.56 Å². The Morgan fingerprint density at radius 1 is 1.22 bits per heavy atom. The first kappa shape index (κ1) is 19.2. The second-order valence-corrected chi connectivity index (χ2v) is 7.42. The van der Waals surface area contributed by atoms with Gasteiger partial charge in [-0.05, 0) is 37.6 Å². The third-order valence-electron chi connectivity index (χ3n) is 4.12. The number of rotatable bonds is 6. The molecule has 1 heterocycles. The van der Waals surface area contributed by atoms with Crippen molar-refractivity contribution in [2.75, 3.05) is 0 Å². The summed E-state index contributed by atoms with van der Waals surface area (Å²) in [6, 6.07) is 9.89. The number of aromatic nitrogens is 2. The van der Waals surface area contributed by atoms with E-state index in [0.29, 0.717) is 28.7 Å². The average Bonchev–Trinajstić information content (AvgIpc) is 2.64. The summed E-state index contributed by atoms with van der Waals surface area (Å²) in [5, 5.41) is 0.226. The van der Waals surface area contributed by atoms with Crippen LogP contribution in [0.15, 0.2) is 52.4 Å². The number of hydrogen-bond acceptors (Lipinski definition) is 4. The smallest absolute Gasteiger partial charge is 0.262 e. The monoisotopic (exact) mass is 388 g/mol. The molecule has 0 amide bonds. The number of halogens is 2. The molecule has 0 bridgehead atoms. The molecule has 1 unspecified atom stereocenters. The SMILES string of the molecule is CCCn1c(SC(C)C(=O)c2ccc(F)cc2F)nc2ccccc2c1=O. The molecule has 1 atom stereocenters. The van der Waals surface area contributed by atoms with Crippen LogP contribution in [0.2, 0.25) is 0 Å². The molecule has 0 aliphatic heterocycles. The van der Waals surface area contributed by atoms with Gasteiger partial charge in [-0.15, -0.1) is 0 Å². The maximum atomic E-state index is 13.9. The van der Waals surface area contributed by atoms with Gasteiger partial charge >= 0.3 is 0 Å². The summed E-state index contributed by atoms with van der Waals surface area (Å²) >= 11 is 1.10. The Morgan fingerprint density at radius 2 is 1.96 bits per heavy atom. The molecule has 7 heteroatoms. The first-order valence-corrected chi connectivity index (χ1v) is 9.45. The molecule has 0 saturated carbocycles. The molecule has 0 saturated heterocycles. The molecule has 140 valence electrons. The van der Waals surface area contributed by atoms with Gasteiger partial charge in [0.05, 0.1) is 21.7 Å². The highest BCUT2D eigenvalue weighted by Crippen LogP contribution is 2.26. The average molecular weight is 388 g/mol. The predicted octanol–water partition coefficient (Wildman–Crippen LogP) is 4.45. The Kier molecular flexibility index (Phi) is 5.70. The summed E-state index contributed by atoms with van der Waals surface area (Å²) in [6.45, 7) is 4.02. The fourth-order valence-electron chi connectivity index (χ4n) is 2.78. The number of carbonyl (C=O) groups is 1. The fourth-order valence-corrected chi connectivity index (χ4v) is 3.78. The maximum absolute atomic E-state index is 13.9. The number of ketones is 1. The molecular weight excluding hydrogens is 370 g/mol. The normalized spacial score (nSPS) is 12.3. The van der Waals surface area contributed by atoms with Crippen molar-refractivity contribution < 1.29 is 13.6 Å². The van der Waals surface area contributed by atoms with Gasteiger partial charge in [-0.25, -0.2) is 13.8 Å². The number of para-hydroxylation sites is 1. The van der Waals surface area contributed by atoms with E-state index in [1.54, 1.807) is 31.2 Å². The molecule has 0 radical (unpaired) electrons. The summed E-state index contributed by atoms with van der Waals surface area (Å²) in [4.78, 5) is 29.9. The number of Topliss-reactive ketones (excluding diaryl/α,β-unsaturated/α-hetero) is 1. The van der Waals surface area contributed by atoms with Crippen molar-refractivity contribution in [2.45, 2.75) is 37.2 Å². The van der Waals surface area contributed by atoms with Crippen molar-refractivity contribution in [3.63, 3.8) is 0 Å². The summed E-state index contributed by atoms with van der Waals surface area (Å²) in [5.74, 6) is -2.12. The highest BCUT2D eigenvalue weighted by Gasteiger charge is 2.23. The van der Waals surface area contributed by atoms with E-state index in [-0.39, 0.29) is 11.1 Å². The molecule has 0 N–H and O–H groups in total. The quantitative estimate of drug-likeness (QED) is 0.356. The van der Waals surface area contributed by atoms with Crippen LogP contribution in [0.3, 0.4) is 0 Å². The first-order chi connectivity index (χ1) is 12.9. The lowest BCUT2D eigenvalue weighted by molar-refractivity contribution is 0.0990. The van der Waals surface area contributed by atoms with Gasteiger partial charge in [0, 0.05) is 12.6 Å². The first-order valence-electron chi connectivity index (χ1n) is 8.58. The number of nitrogens with zero attached hydrogens (tertiary/aromatic N) is 2. The highest BCUT2D eigenvalue weighted by atomic mass is 32.2. The zero-order valence-electron chi connectivity index (χ0n) is 14.9. The van der Waals surface area contributed by atoms with Crippen molar-refractivity contribution >= 4 is 28.4 Å². The van der Waals surface area contributed by atoms with Gasteiger partial charge in [-0.2, -0.15) is 0 Å². The molecule has 1 aromatic heterocycles. The third kappa shape index (κ3) is 3.93. The van der Waals surface area contributed by atoms with Crippen molar-refractivity contribution in [2.24, 2.45) is 0 Å². The Morgan fingerprint density at radius 3 is 2.67 bits per heavy atom. The standard InChI is InChI=1S/C20H18F2N2O2S/c1-3-10-24-19(26)15-6-4-5-7-17(15)23-20(24)27-12(2)18(25)14-9-8-13(21)11-16(14)22/h4-9,11-12H,3,10H2,1-2H3. The largest absolute Gasteiger partial charge is 0.293 e. The van der Waals surface area contributed by atoms with Crippen molar-refractivity contribution in [1.29, 1.82) is 0 Å². The zero-order chi connectivity index (χ0) is 19.6. The van der Waals surface area contributed by atoms with E-state index in [1.807, 2.05) is 6.92 Å². The van der Waals surface area contributed by atoms with E-state index in [1.165, 1.54) is 4.57 Å². The van der Waals surface area contributed by atoms with E-state index >= 15 is 0 Å². The summed E-state index contributed by atoms with van der Waals surface area (Å²) in [6.07, 6.45) is 0.725. The second kappa shape index (κ2) is 8.00. The van der Waals surface area contributed by atoms with Gasteiger partial charge in [0.1, 0.15) is 11.6 Å². The third-order valence-corrected chi connectivity index (χ3v) is 5.21. The summed E-state index contributed by atoms with van der Waals surface area (Å²) in [7, 11) is 0. The molecule has 4 nitrogen and oxygen atoms in total. The van der Waals surface area contributed by atoms with Crippen molar-refractivity contribution in [3.8, 4) is 0 Å². The van der Waals surface area contributed by atoms with E-state index in [9.17, 15) is 18.4 Å². The number of thioether (sulfide) groups is 1. The minimum atomic E-state index is -0.898. The predicted molar refractivity (Wildman–Crippen MR) is 102 cm³/mol. The number of carbonyl (C=O) groups excluding carboxylic acids is 1. The summed E-state index contributed by atoms with van der Waals surface area (Å²) < 4.78 is 28.6. The lowest BCUT2D eigenvalue weighted by Gasteiger charge is -2.15. The molecule has 0 fully saturated rings. The molecule has 0 aliphatic rings. The van der Waals surface area contributed by atoms with E-state index in [0.717, 1.165) is 30.3 Å². The van der Waals surface area contributed by atoms with Crippen LogP contribution >= 0.6 is 11.8 Å². The van der Waals surface area contributed by atoms with Crippen LogP contribution in [0.25, 0.3) is 10.9 Å². The van der Waals surface area contributed by atoms with Gasteiger partial charge in [0.2, 0.25) is 0 Å². The number of benzene rings is 2. The maximum Gasteiger partial charge on any atom is 0.262 e. The highest BCUT2D eigenvalue weighted by molar-refractivity contribution is 8.00. The summed E-state index contributed by atoms with van der Waals surface area (Å²) in [5.41, 5.74) is 0.198. The van der Waals surface area contributed by atoms with E-state index in [4.69, 9.17) is 0 Å². The Hall–Kier alpha value is -2.54. The number of fused-ring (bicyclic) bond motifs is 1. The van der Waals surface area contributed by atoms with Crippen LogP contribution < -0.4 is 5.56 Å². The van der Waals surface area contributed by atoms with Gasteiger partial charge in [0.15, 0.2) is 10.9 Å². The van der Waals surface area contributed by atoms with Crippen LogP contribution in [0, 0.1) is 11.6 Å². The molecule has 3 rings (SSSR count). The van der Waals surface area contributed by atoms with Crippen LogP contribution in [-0.2, 0) is 6.54 Å². The second-order valence-electron chi connectivity index (χ2n) is 6.12. The van der Waals surface area contributed by atoms with Crippen molar-refractivity contribution in [3.05, 3.63) is 70.0 Å². The lowest BCUT2D eigenvalue weighted by atomic mass is 10.1. The molecular formula is C20H18F2N2O2S. The van der Waals surface area contributed by atoms with E-state index < -0.39 is 22.7 Å². The van der Waals surface area contributed by atoms with Gasteiger partial charge in [-0.3, -0.25) is 14.2 Å². The van der Waals surface area contributed by atoms with Crippen LogP contribution in [0.5, 0.6) is 0 Å². The molecule has 0 aliphatic carbocycles. The van der Waals surface area contributed by atoms with Gasteiger partial charge in [-0.1, -0.05) is 30.8 Å². The minimum absolute atomic E-state index is 0.169. The van der Waals surface area contributed by atoms with Crippen LogP contribution in [0.1, 0.15) is 30.6 Å². The van der Waals surface area contributed by atoms with Crippen LogP contribution in [0.4, 0.5) is 8.78 Å².